The predicted octanol–water partition coefficient (Wildman–Crippen LogP) is -7.26. The molecule has 2 nitrogen and oxygen atoms in total. The molecule has 0 heterocycles. The van der Waals surface area contributed by atoms with Crippen molar-refractivity contribution >= 4 is 0 Å². The van der Waals surface area contributed by atoms with Gasteiger partial charge in [-0.05, 0) is 0 Å². The summed E-state index contributed by atoms with van der Waals surface area (Å²) in [6, 6.07) is 0. The van der Waals surface area contributed by atoms with Gasteiger partial charge >= 0.3 is 103 Å². The molecule has 0 amide bonds. The van der Waals surface area contributed by atoms with E-state index in [-0.39, 0.29) is 116 Å². The SMILES string of the molecule is CC[O-].CC[O-].[K+].[K+]. The van der Waals surface area contributed by atoms with Crippen LogP contribution >= 0.6 is 0 Å². The van der Waals surface area contributed by atoms with E-state index in [9.17, 15) is 0 Å². The zero-order valence-corrected chi connectivity index (χ0v) is 12.5. The summed E-state index contributed by atoms with van der Waals surface area (Å²) in [5, 5.41) is 17.9. The van der Waals surface area contributed by atoms with Crippen LogP contribution in [-0.2, 0) is 0 Å². The Morgan fingerprint density at radius 3 is 0.875 bits per heavy atom. The summed E-state index contributed by atoms with van der Waals surface area (Å²) in [5.74, 6) is 0. The molecule has 0 aromatic heterocycles. The molecule has 0 saturated carbocycles. The maximum Gasteiger partial charge on any atom is 1.00 e. The van der Waals surface area contributed by atoms with E-state index in [0.717, 1.165) is 0 Å². The van der Waals surface area contributed by atoms with E-state index < -0.39 is 0 Å². The Morgan fingerprint density at radius 1 is 0.875 bits per heavy atom. The maximum atomic E-state index is 8.93. The molecule has 0 unspecified atom stereocenters. The van der Waals surface area contributed by atoms with E-state index in [1.54, 1.807) is 13.8 Å². The molecule has 0 aromatic carbocycles. The van der Waals surface area contributed by atoms with Crippen molar-refractivity contribution in [1.82, 2.24) is 0 Å². The van der Waals surface area contributed by atoms with Gasteiger partial charge in [-0.25, -0.2) is 0 Å². The van der Waals surface area contributed by atoms with E-state index in [1.807, 2.05) is 0 Å². The topological polar surface area (TPSA) is 46.1 Å². The van der Waals surface area contributed by atoms with Crippen LogP contribution in [0.15, 0.2) is 0 Å². The summed E-state index contributed by atoms with van der Waals surface area (Å²) in [6.45, 7) is 3.14. The van der Waals surface area contributed by atoms with Gasteiger partial charge in [0.15, 0.2) is 0 Å². The van der Waals surface area contributed by atoms with Crippen molar-refractivity contribution in [3.05, 3.63) is 0 Å². The summed E-state index contributed by atoms with van der Waals surface area (Å²) >= 11 is 0. The Hall–Kier alpha value is 3.19. The Labute approximate surface area is 136 Å². The summed E-state index contributed by atoms with van der Waals surface area (Å²) in [7, 11) is 0. The van der Waals surface area contributed by atoms with Crippen LogP contribution < -0.4 is 113 Å². The van der Waals surface area contributed by atoms with Crippen molar-refractivity contribution in [3.63, 3.8) is 0 Å². The standard InChI is InChI=1S/2C2H5O.2K/c2*1-2-3;;/h2*2H2,1H3;;/q2*-1;2*+1. The first-order chi connectivity index (χ1) is 2.83. The second kappa shape index (κ2) is 31.9. The van der Waals surface area contributed by atoms with E-state index in [2.05, 4.69) is 0 Å². The Kier molecular flexibility index (Phi) is 89.7. The van der Waals surface area contributed by atoms with Gasteiger partial charge in [-0.2, -0.15) is 0 Å². The van der Waals surface area contributed by atoms with Crippen LogP contribution in [-0.4, -0.2) is 13.2 Å². The second-order valence-corrected chi connectivity index (χ2v) is 0.577. The molecule has 0 atom stereocenters. The van der Waals surface area contributed by atoms with E-state index in [4.69, 9.17) is 10.2 Å². The average Bonchev–Trinajstić information content (AvgIpc) is 1.39. The van der Waals surface area contributed by atoms with Crippen molar-refractivity contribution in [1.29, 1.82) is 0 Å². The molecule has 0 radical (unpaired) electrons. The molecule has 4 heteroatoms. The number of hydrogen-bond acceptors (Lipinski definition) is 2. The van der Waals surface area contributed by atoms with Crippen LogP contribution in [0.5, 0.6) is 0 Å². The Morgan fingerprint density at radius 2 is 0.875 bits per heavy atom. The molecule has 0 spiro atoms. The third-order valence-electron chi connectivity index (χ3n) is 0. The van der Waals surface area contributed by atoms with Crippen LogP contribution in [0.25, 0.3) is 0 Å². The van der Waals surface area contributed by atoms with Gasteiger partial charge in [0.1, 0.15) is 0 Å². The minimum absolute atomic E-state index is 0. The zero-order chi connectivity index (χ0) is 5.41. The van der Waals surface area contributed by atoms with Crippen LogP contribution in [0.4, 0.5) is 0 Å². The van der Waals surface area contributed by atoms with E-state index in [1.165, 1.54) is 0 Å². The number of rotatable bonds is 0. The van der Waals surface area contributed by atoms with Crippen molar-refractivity contribution in [2.75, 3.05) is 13.2 Å². The van der Waals surface area contributed by atoms with Crippen molar-refractivity contribution in [3.8, 4) is 0 Å². The summed E-state index contributed by atoms with van der Waals surface area (Å²) in [4.78, 5) is 0. The normalized spacial score (nSPS) is 4.50. The van der Waals surface area contributed by atoms with Crippen LogP contribution in [0.3, 0.4) is 0 Å². The first-order valence-electron chi connectivity index (χ1n) is 1.99. The molecule has 0 N–H and O–H groups in total. The zero-order valence-electron chi connectivity index (χ0n) is 6.23. The molecule has 0 aliphatic carbocycles. The Balaban J connectivity index is -0.0000000160. The summed E-state index contributed by atoms with van der Waals surface area (Å²) in [5.41, 5.74) is 0. The van der Waals surface area contributed by atoms with E-state index in [0.29, 0.717) is 0 Å². The van der Waals surface area contributed by atoms with Gasteiger partial charge in [0, 0.05) is 0 Å². The third kappa shape index (κ3) is 60.5. The molecule has 0 aliphatic rings. The molecule has 0 aliphatic heterocycles. The van der Waals surface area contributed by atoms with Gasteiger partial charge in [-0.1, -0.05) is 13.8 Å². The molecule has 0 saturated heterocycles. The Bertz CT molecular complexity index is 14.0. The fraction of sp³-hybridized carbons (Fsp3) is 1.00. The minimum atomic E-state index is 0. The first kappa shape index (κ1) is 22.5. The van der Waals surface area contributed by atoms with Crippen molar-refractivity contribution in [2.24, 2.45) is 0 Å². The summed E-state index contributed by atoms with van der Waals surface area (Å²) in [6.07, 6.45) is 0. The van der Waals surface area contributed by atoms with Crippen LogP contribution in [0.1, 0.15) is 13.8 Å². The van der Waals surface area contributed by atoms with Crippen molar-refractivity contribution in [2.45, 2.75) is 13.8 Å². The minimum Gasteiger partial charge on any atom is -0.855 e. The average molecular weight is 168 g/mol. The quantitative estimate of drug-likeness (QED) is 0.337. The second-order valence-electron chi connectivity index (χ2n) is 0.577. The van der Waals surface area contributed by atoms with E-state index >= 15 is 0 Å². The molecular weight excluding hydrogens is 158 g/mol. The van der Waals surface area contributed by atoms with Gasteiger partial charge in [0.2, 0.25) is 0 Å². The van der Waals surface area contributed by atoms with Gasteiger partial charge in [0.25, 0.3) is 0 Å². The van der Waals surface area contributed by atoms with Gasteiger partial charge in [-0.3, -0.25) is 0 Å². The van der Waals surface area contributed by atoms with Gasteiger partial charge < -0.3 is 10.2 Å². The fourth-order valence-electron chi connectivity index (χ4n) is 0. The molecule has 0 rings (SSSR count). The largest absolute Gasteiger partial charge is 1.00 e. The maximum absolute atomic E-state index is 8.93. The van der Waals surface area contributed by atoms with Gasteiger partial charge in [0.05, 0.1) is 0 Å². The molecular formula is C4H10K2O2. The molecule has 0 bridgehead atoms. The third-order valence-corrected chi connectivity index (χ3v) is 0. The molecule has 0 fully saturated rings. The molecule has 8 heavy (non-hydrogen) atoms. The summed E-state index contributed by atoms with van der Waals surface area (Å²) < 4.78 is 0. The fourth-order valence-corrected chi connectivity index (χ4v) is 0. The predicted molar refractivity (Wildman–Crippen MR) is 21.1 cm³/mol. The monoisotopic (exact) mass is 168 g/mol. The van der Waals surface area contributed by atoms with Crippen LogP contribution in [0.2, 0.25) is 0 Å². The first-order valence-corrected chi connectivity index (χ1v) is 1.99. The number of hydrogen-bond donors (Lipinski definition) is 0. The van der Waals surface area contributed by atoms with Gasteiger partial charge in [-0.15, -0.1) is 13.2 Å². The van der Waals surface area contributed by atoms with Crippen molar-refractivity contribution < 1.29 is 113 Å². The molecule has 40 valence electrons. The molecule has 0 aromatic rings. The van der Waals surface area contributed by atoms with Crippen LogP contribution in [0, 0.1) is 0 Å². The smallest absolute Gasteiger partial charge is 0.855 e.